The van der Waals surface area contributed by atoms with Crippen LogP contribution in [-0.2, 0) is 19.6 Å². The van der Waals surface area contributed by atoms with Crippen LogP contribution in [0.25, 0.3) is 10.6 Å². The molecule has 1 aromatic carbocycles. The first-order chi connectivity index (χ1) is 11.8. The van der Waals surface area contributed by atoms with Crippen molar-refractivity contribution in [3.63, 3.8) is 0 Å². The van der Waals surface area contributed by atoms with E-state index in [9.17, 15) is 13.2 Å². The fourth-order valence-corrected chi connectivity index (χ4v) is 4.37. The number of hydrogen-bond acceptors (Lipinski definition) is 7. The highest BCUT2D eigenvalue weighted by molar-refractivity contribution is 7.89. The van der Waals surface area contributed by atoms with Gasteiger partial charge in [0.2, 0.25) is 15.9 Å². The molecule has 1 saturated heterocycles. The lowest BCUT2D eigenvalue weighted by Crippen LogP contribution is -2.35. The molecule has 25 heavy (non-hydrogen) atoms. The van der Waals surface area contributed by atoms with Crippen molar-refractivity contribution in [1.29, 1.82) is 0 Å². The van der Waals surface area contributed by atoms with Crippen molar-refractivity contribution in [2.75, 3.05) is 36.5 Å². The van der Waals surface area contributed by atoms with Crippen LogP contribution in [0, 0.1) is 0 Å². The second-order valence-electron chi connectivity index (χ2n) is 5.54. The maximum absolute atomic E-state index is 12.0. The minimum absolute atomic E-state index is 0.0679. The van der Waals surface area contributed by atoms with Gasteiger partial charge in [0.05, 0.1) is 24.3 Å². The van der Waals surface area contributed by atoms with Crippen LogP contribution in [0.2, 0.25) is 0 Å². The summed E-state index contributed by atoms with van der Waals surface area (Å²) in [5, 5.41) is 9.41. The van der Waals surface area contributed by atoms with Gasteiger partial charge >= 0.3 is 0 Å². The third-order valence-electron chi connectivity index (χ3n) is 3.66. The zero-order valence-corrected chi connectivity index (χ0v) is 15.2. The quantitative estimate of drug-likeness (QED) is 0.822. The molecule has 1 amide bonds. The molecule has 1 aromatic heterocycles. The van der Waals surface area contributed by atoms with Crippen LogP contribution in [0.5, 0.6) is 0 Å². The van der Waals surface area contributed by atoms with E-state index in [2.05, 4.69) is 15.2 Å². The molecular formula is C15H18N4O4S2. The lowest BCUT2D eigenvalue weighted by molar-refractivity contribution is -0.114. The number of nitrogens with two attached hydrogens (primary N) is 1. The van der Waals surface area contributed by atoms with Gasteiger partial charge in [-0.15, -0.1) is 0 Å². The van der Waals surface area contributed by atoms with Crippen LogP contribution in [-0.4, -0.2) is 45.6 Å². The Kier molecular flexibility index (Phi) is 5.04. The fourth-order valence-electron chi connectivity index (χ4n) is 2.54. The molecule has 3 N–H and O–H groups in total. The molecule has 134 valence electrons. The smallest absolute Gasteiger partial charge is 0.238 e. The molecule has 0 saturated carbocycles. The lowest BCUT2D eigenvalue weighted by Gasteiger charge is -2.26. The molecule has 1 fully saturated rings. The number of nitrogens with one attached hydrogen (secondary N) is 1. The monoisotopic (exact) mass is 382 g/mol. The topological polar surface area (TPSA) is 115 Å². The maximum Gasteiger partial charge on any atom is 0.238 e. The number of benzene rings is 1. The minimum atomic E-state index is -3.97. The number of carbonyl (C=O) groups excluding carboxylic acids is 1. The van der Waals surface area contributed by atoms with Crippen molar-refractivity contribution in [2.24, 2.45) is 5.14 Å². The summed E-state index contributed by atoms with van der Waals surface area (Å²) in [5.74, 6) is -0.294. The van der Waals surface area contributed by atoms with E-state index in [1.807, 2.05) is 0 Å². The van der Waals surface area contributed by atoms with E-state index in [4.69, 9.17) is 9.88 Å². The van der Waals surface area contributed by atoms with Gasteiger partial charge in [-0.25, -0.2) is 18.5 Å². The van der Waals surface area contributed by atoms with E-state index in [1.165, 1.54) is 24.3 Å². The molecule has 0 spiro atoms. The number of amides is 1. The normalized spacial score (nSPS) is 15.2. The Labute approximate surface area is 149 Å². The van der Waals surface area contributed by atoms with Crippen molar-refractivity contribution in [2.45, 2.75) is 11.8 Å². The molecule has 8 nitrogen and oxygen atoms in total. The van der Waals surface area contributed by atoms with E-state index in [1.54, 1.807) is 18.3 Å². The van der Waals surface area contributed by atoms with Gasteiger partial charge in [-0.3, -0.25) is 4.79 Å². The summed E-state index contributed by atoms with van der Waals surface area (Å²) in [6.45, 7) is 4.19. The van der Waals surface area contributed by atoms with E-state index >= 15 is 0 Å². The summed E-state index contributed by atoms with van der Waals surface area (Å²) >= 11 is 1.39. The standard InChI is InChI=1S/C15H18N4O4S2/c1-10(20)18-11-2-3-12(13(8-11)25(16,21)22)15-17-9-14(24-15)19-4-6-23-7-5-19/h2-3,8-9H,4-7H2,1H3,(H,18,20)(H2,16,21,22). The van der Waals surface area contributed by atoms with Crippen LogP contribution < -0.4 is 15.4 Å². The Morgan fingerprint density at radius 1 is 1.36 bits per heavy atom. The lowest BCUT2D eigenvalue weighted by atomic mass is 10.2. The van der Waals surface area contributed by atoms with E-state index in [-0.39, 0.29) is 10.8 Å². The van der Waals surface area contributed by atoms with Crippen molar-refractivity contribution in [3.05, 3.63) is 24.4 Å². The molecule has 0 unspecified atom stereocenters. The average molecular weight is 382 g/mol. The minimum Gasteiger partial charge on any atom is -0.378 e. The first kappa shape index (κ1) is 17.8. The molecule has 0 aliphatic carbocycles. The molecule has 0 bridgehead atoms. The van der Waals surface area contributed by atoms with Gasteiger partial charge in [-0.05, 0) is 18.2 Å². The molecule has 0 atom stereocenters. The SMILES string of the molecule is CC(=O)Nc1ccc(-c2ncc(N3CCOCC3)s2)c(S(N)(=O)=O)c1. The second kappa shape index (κ2) is 7.08. The Morgan fingerprint density at radius 2 is 2.08 bits per heavy atom. The van der Waals surface area contributed by atoms with Crippen molar-refractivity contribution < 1.29 is 17.9 Å². The van der Waals surface area contributed by atoms with Crippen LogP contribution in [0.4, 0.5) is 10.7 Å². The largest absolute Gasteiger partial charge is 0.378 e. The maximum atomic E-state index is 12.0. The number of morpholine rings is 1. The first-order valence-corrected chi connectivity index (χ1v) is 9.94. The summed E-state index contributed by atoms with van der Waals surface area (Å²) < 4.78 is 29.3. The van der Waals surface area contributed by atoms with Gasteiger partial charge < -0.3 is 15.0 Å². The number of carbonyl (C=O) groups is 1. The predicted octanol–water partition coefficient (Wildman–Crippen LogP) is 1.25. The second-order valence-corrected chi connectivity index (χ2v) is 8.08. The number of anilines is 2. The van der Waals surface area contributed by atoms with Crippen LogP contribution in [0.3, 0.4) is 0 Å². The number of rotatable bonds is 4. The van der Waals surface area contributed by atoms with Gasteiger partial charge in [0.25, 0.3) is 0 Å². The highest BCUT2D eigenvalue weighted by Crippen LogP contribution is 2.35. The van der Waals surface area contributed by atoms with Gasteiger partial charge in [0.15, 0.2) is 0 Å². The average Bonchev–Trinajstić information content (AvgIpc) is 3.04. The van der Waals surface area contributed by atoms with Gasteiger partial charge in [-0.1, -0.05) is 11.3 Å². The van der Waals surface area contributed by atoms with E-state index in [0.717, 1.165) is 18.1 Å². The highest BCUT2D eigenvalue weighted by Gasteiger charge is 2.20. The summed E-state index contributed by atoms with van der Waals surface area (Å²) in [7, 11) is -3.97. The molecule has 1 aliphatic heterocycles. The van der Waals surface area contributed by atoms with Crippen LogP contribution in [0.1, 0.15) is 6.92 Å². The Bertz CT molecular complexity index is 889. The van der Waals surface area contributed by atoms with Crippen LogP contribution >= 0.6 is 11.3 Å². The van der Waals surface area contributed by atoms with Crippen molar-refractivity contribution in [3.8, 4) is 10.6 Å². The summed E-state index contributed by atoms with van der Waals surface area (Å²) in [6, 6.07) is 4.58. The molecule has 1 aliphatic rings. The molecular weight excluding hydrogens is 364 g/mol. The summed E-state index contributed by atoms with van der Waals surface area (Å²) in [4.78, 5) is 17.6. The molecule has 2 aromatic rings. The number of ether oxygens (including phenoxy) is 1. The van der Waals surface area contributed by atoms with E-state index in [0.29, 0.717) is 29.5 Å². The summed E-state index contributed by atoms with van der Waals surface area (Å²) in [6.07, 6.45) is 1.72. The third kappa shape index (κ3) is 4.15. The molecule has 0 radical (unpaired) electrons. The number of sulfonamides is 1. The van der Waals surface area contributed by atoms with Crippen molar-refractivity contribution >= 4 is 38.0 Å². The number of thiazole rings is 1. The van der Waals surface area contributed by atoms with Crippen molar-refractivity contribution in [1.82, 2.24) is 4.98 Å². The van der Waals surface area contributed by atoms with Crippen LogP contribution in [0.15, 0.2) is 29.3 Å². The molecule has 3 rings (SSSR count). The predicted molar refractivity (Wildman–Crippen MR) is 96.3 cm³/mol. The molecule has 10 heteroatoms. The molecule has 2 heterocycles. The third-order valence-corrected chi connectivity index (χ3v) is 5.70. The summed E-state index contributed by atoms with van der Waals surface area (Å²) in [5.41, 5.74) is 0.784. The zero-order chi connectivity index (χ0) is 18.0. The van der Waals surface area contributed by atoms with Gasteiger partial charge in [0.1, 0.15) is 10.0 Å². The van der Waals surface area contributed by atoms with Gasteiger partial charge in [-0.2, -0.15) is 0 Å². The number of primary sulfonamides is 1. The zero-order valence-electron chi connectivity index (χ0n) is 13.6. The first-order valence-electron chi connectivity index (χ1n) is 7.58. The Balaban J connectivity index is 1.98. The van der Waals surface area contributed by atoms with Gasteiger partial charge in [0, 0.05) is 31.3 Å². The number of aromatic nitrogens is 1. The Morgan fingerprint density at radius 3 is 2.72 bits per heavy atom. The fraction of sp³-hybridized carbons (Fsp3) is 0.333. The number of nitrogens with zero attached hydrogens (tertiary/aromatic N) is 2. The highest BCUT2D eigenvalue weighted by atomic mass is 32.2. The Hall–Kier alpha value is -2.01. The van der Waals surface area contributed by atoms with E-state index < -0.39 is 10.0 Å². The number of hydrogen-bond donors (Lipinski definition) is 2.